The van der Waals surface area contributed by atoms with Crippen molar-refractivity contribution >= 4 is 11.8 Å². The summed E-state index contributed by atoms with van der Waals surface area (Å²) in [4.78, 5) is 15.7. The van der Waals surface area contributed by atoms with Crippen molar-refractivity contribution in [1.82, 2.24) is 0 Å². The molecule has 0 aliphatic carbocycles. The molecule has 0 bridgehead atoms. The molecule has 3 rings (SSSR count). The number of ether oxygens (including phenoxy) is 2. The Bertz CT molecular complexity index is 652. The highest BCUT2D eigenvalue weighted by Crippen LogP contribution is 2.36. The number of nitrogens with zero attached hydrogens (tertiary/aromatic N) is 1. The number of aliphatic imine (C=N–C) groups is 1. The first-order valence-electron chi connectivity index (χ1n) is 6.24. The van der Waals surface area contributed by atoms with Gasteiger partial charge in [0.05, 0.1) is 0 Å². The molecule has 1 unspecified atom stereocenters. The van der Waals surface area contributed by atoms with Crippen LogP contribution in [-0.2, 0) is 15.3 Å². The van der Waals surface area contributed by atoms with Crippen molar-refractivity contribution in [2.75, 3.05) is 7.11 Å². The summed E-state index contributed by atoms with van der Waals surface area (Å²) in [7, 11) is 1.50. The number of cyclic esters (lactones) is 1. The summed E-state index contributed by atoms with van der Waals surface area (Å²) in [5, 5.41) is 0. The molecule has 100 valence electrons. The molecule has 1 aliphatic heterocycles. The molecule has 0 N–H and O–H groups in total. The zero-order valence-corrected chi connectivity index (χ0v) is 10.9. The van der Waals surface area contributed by atoms with Gasteiger partial charge in [-0.3, -0.25) is 0 Å². The number of methoxy groups -OCH3 is 1. The maximum Gasteiger partial charge on any atom is 0.437 e. The van der Waals surface area contributed by atoms with Crippen molar-refractivity contribution in [2.45, 2.75) is 5.79 Å². The monoisotopic (exact) mass is 267 g/mol. The molecule has 0 saturated heterocycles. The van der Waals surface area contributed by atoms with Gasteiger partial charge in [-0.15, -0.1) is 0 Å². The molecule has 0 aromatic heterocycles. The van der Waals surface area contributed by atoms with Crippen molar-refractivity contribution in [3.8, 4) is 0 Å². The standard InChI is InChI=1S/C16H13NO3/c1-19-16(13-10-6-3-7-11-13)14(17-15(18)20-16)12-8-4-2-5-9-12/h2-11H,1H3. The normalized spacial score (nSPS) is 21.4. The van der Waals surface area contributed by atoms with E-state index in [0.29, 0.717) is 5.71 Å². The molecule has 20 heavy (non-hydrogen) atoms. The van der Waals surface area contributed by atoms with Gasteiger partial charge in [-0.2, -0.15) is 4.99 Å². The van der Waals surface area contributed by atoms with Gasteiger partial charge in [0.1, 0.15) is 5.71 Å². The molecule has 0 spiro atoms. The number of carbonyl (C=O) groups excluding carboxylic acids is 1. The average molecular weight is 267 g/mol. The number of benzene rings is 2. The fourth-order valence-electron chi connectivity index (χ4n) is 2.32. The lowest BCUT2D eigenvalue weighted by atomic mass is 9.95. The van der Waals surface area contributed by atoms with Crippen LogP contribution >= 0.6 is 0 Å². The van der Waals surface area contributed by atoms with Crippen LogP contribution in [0.2, 0.25) is 0 Å². The van der Waals surface area contributed by atoms with E-state index < -0.39 is 11.9 Å². The predicted octanol–water partition coefficient (Wildman–Crippen LogP) is 3.13. The minimum atomic E-state index is -1.28. The highest BCUT2D eigenvalue weighted by atomic mass is 16.7. The number of carbonyl (C=O) groups is 1. The van der Waals surface area contributed by atoms with Crippen LogP contribution in [-0.4, -0.2) is 18.9 Å². The molecular weight excluding hydrogens is 254 g/mol. The lowest BCUT2D eigenvalue weighted by Gasteiger charge is -2.27. The molecule has 0 fully saturated rings. The van der Waals surface area contributed by atoms with Crippen molar-refractivity contribution < 1.29 is 14.3 Å². The first-order valence-corrected chi connectivity index (χ1v) is 6.24. The van der Waals surface area contributed by atoms with Crippen molar-refractivity contribution in [1.29, 1.82) is 0 Å². The maximum absolute atomic E-state index is 11.7. The molecule has 0 saturated carbocycles. The Morgan fingerprint density at radius 3 is 2.20 bits per heavy atom. The van der Waals surface area contributed by atoms with Crippen LogP contribution in [0.15, 0.2) is 65.7 Å². The van der Waals surface area contributed by atoms with Crippen LogP contribution in [0.5, 0.6) is 0 Å². The number of amides is 1. The molecule has 2 aromatic rings. The molecule has 1 aliphatic rings. The molecular formula is C16H13NO3. The Labute approximate surface area is 116 Å². The SMILES string of the molecule is COC1(c2ccccc2)OC(=O)N=C1c1ccccc1. The van der Waals surface area contributed by atoms with Crippen LogP contribution in [0.1, 0.15) is 11.1 Å². The van der Waals surface area contributed by atoms with Gasteiger partial charge in [0.15, 0.2) is 0 Å². The lowest BCUT2D eigenvalue weighted by molar-refractivity contribution is -0.127. The van der Waals surface area contributed by atoms with E-state index in [2.05, 4.69) is 4.99 Å². The first kappa shape index (κ1) is 12.6. The summed E-state index contributed by atoms with van der Waals surface area (Å²) < 4.78 is 10.9. The van der Waals surface area contributed by atoms with E-state index in [0.717, 1.165) is 11.1 Å². The highest BCUT2D eigenvalue weighted by molar-refractivity contribution is 6.13. The highest BCUT2D eigenvalue weighted by Gasteiger charge is 2.48. The predicted molar refractivity (Wildman–Crippen MR) is 74.6 cm³/mol. The Morgan fingerprint density at radius 2 is 1.60 bits per heavy atom. The van der Waals surface area contributed by atoms with E-state index in [4.69, 9.17) is 9.47 Å². The van der Waals surface area contributed by atoms with Gasteiger partial charge in [-0.1, -0.05) is 60.7 Å². The number of hydrogen-bond donors (Lipinski definition) is 0. The molecule has 4 heteroatoms. The molecule has 2 aromatic carbocycles. The second-order valence-corrected chi connectivity index (χ2v) is 4.38. The smallest absolute Gasteiger partial charge is 0.404 e. The quantitative estimate of drug-likeness (QED) is 0.858. The molecule has 1 atom stereocenters. The van der Waals surface area contributed by atoms with Gasteiger partial charge < -0.3 is 9.47 Å². The maximum atomic E-state index is 11.7. The number of rotatable bonds is 3. The van der Waals surface area contributed by atoms with Crippen molar-refractivity contribution in [2.24, 2.45) is 4.99 Å². The minimum Gasteiger partial charge on any atom is -0.404 e. The summed E-state index contributed by atoms with van der Waals surface area (Å²) in [6.45, 7) is 0. The Kier molecular flexibility index (Phi) is 3.08. The second-order valence-electron chi connectivity index (χ2n) is 4.38. The molecule has 1 amide bonds. The summed E-state index contributed by atoms with van der Waals surface area (Å²) in [5.74, 6) is -1.28. The van der Waals surface area contributed by atoms with Crippen LogP contribution in [0.4, 0.5) is 4.79 Å². The van der Waals surface area contributed by atoms with E-state index in [9.17, 15) is 4.79 Å². The Hall–Kier alpha value is -2.46. The van der Waals surface area contributed by atoms with Crippen molar-refractivity contribution in [3.63, 3.8) is 0 Å². The average Bonchev–Trinajstić information content (AvgIpc) is 2.87. The zero-order valence-electron chi connectivity index (χ0n) is 10.9. The van der Waals surface area contributed by atoms with Crippen LogP contribution in [0.25, 0.3) is 0 Å². The van der Waals surface area contributed by atoms with Gasteiger partial charge in [-0.25, -0.2) is 4.79 Å². The van der Waals surface area contributed by atoms with Gasteiger partial charge >= 0.3 is 6.09 Å². The van der Waals surface area contributed by atoms with E-state index in [1.165, 1.54) is 7.11 Å². The van der Waals surface area contributed by atoms with Gasteiger partial charge in [0.25, 0.3) is 5.79 Å². The fraction of sp³-hybridized carbons (Fsp3) is 0.125. The summed E-state index contributed by atoms with van der Waals surface area (Å²) in [6.07, 6.45) is -0.644. The summed E-state index contributed by atoms with van der Waals surface area (Å²) in [6, 6.07) is 18.7. The fourth-order valence-corrected chi connectivity index (χ4v) is 2.32. The third-order valence-corrected chi connectivity index (χ3v) is 3.23. The van der Waals surface area contributed by atoms with E-state index in [1.807, 2.05) is 60.7 Å². The van der Waals surface area contributed by atoms with Gasteiger partial charge in [0.2, 0.25) is 0 Å². The van der Waals surface area contributed by atoms with E-state index >= 15 is 0 Å². The van der Waals surface area contributed by atoms with Crippen LogP contribution in [0.3, 0.4) is 0 Å². The number of hydrogen-bond acceptors (Lipinski definition) is 3. The second kappa shape index (κ2) is 4.90. The van der Waals surface area contributed by atoms with Crippen LogP contribution in [0, 0.1) is 0 Å². The largest absolute Gasteiger partial charge is 0.437 e. The summed E-state index contributed by atoms with van der Waals surface area (Å²) >= 11 is 0. The van der Waals surface area contributed by atoms with Crippen LogP contribution < -0.4 is 0 Å². The van der Waals surface area contributed by atoms with E-state index in [1.54, 1.807) is 0 Å². The topological polar surface area (TPSA) is 47.9 Å². The Balaban J connectivity index is 2.16. The van der Waals surface area contributed by atoms with Crippen molar-refractivity contribution in [3.05, 3.63) is 71.8 Å². The molecule has 4 nitrogen and oxygen atoms in total. The first-order chi connectivity index (χ1) is 9.76. The van der Waals surface area contributed by atoms with Gasteiger partial charge in [-0.05, 0) is 0 Å². The molecule has 1 heterocycles. The zero-order chi connectivity index (χ0) is 14.0. The summed E-state index contributed by atoms with van der Waals surface area (Å²) in [5.41, 5.74) is 2.00. The van der Waals surface area contributed by atoms with E-state index in [-0.39, 0.29) is 0 Å². The third-order valence-electron chi connectivity index (χ3n) is 3.23. The molecule has 0 radical (unpaired) electrons. The minimum absolute atomic E-state index is 0.469. The third kappa shape index (κ3) is 1.90. The Morgan fingerprint density at radius 1 is 1.00 bits per heavy atom. The van der Waals surface area contributed by atoms with Gasteiger partial charge in [0, 0.05) is 18.2 Å². The lowest BCUT2D eigenvalue weighted by Crippen LogP contribution is -2.37.